The fourth-order valence-electron chi connectivity index (χ4n) is 3.28. The van der Waals surface area contributed by atoms with E-state index in [0.29, 0.717) is 25.0 Å². The first-order chi connectivity index (χ1) is 9.95. The molecule has 1 fully saturated rings. The molecule has 0 aromatic carbocycles. The lowest BCUT2D eigenvalue weighted by Crippen LogP contribution is -2.38. The minimum absolute atomic E-state index is 0.343. The fraction of sp³-hybridized carbons (Fsp3) is 0.714. The second kappa shape index (κ2) is 5.62. The Labute approximate surface area is 126 Å². The summed E-state index contributed by atoms with van der Waals surface area (Å²) in [5, 5.41) is 3.46. The molecule has 7 heteroatoms. The van der Waals surface area contributed by atoms with Crippen molar-refractivity contribution in [3.05, 3.63) is 23.3 Å². The number of rotatable bonds is 2. The lowest BCUT2D eigenvalue weighted by atomic mass is 9.88. The van der Waals surface area contributed by atoms with Gasteiger partial charge in [-0.3, -0.25) is 0 Å². The van der Waals surface area contributed by atoms with Gasteiger partial charge < -0.3 is 5.32 Å². The third-order valence-electron chi connectivity index (χ3n) is 4.50. The summed E-state index contributed by atoms with van der Waals surface area (Å²) in [7, 11) is -3.07. The smallest absolute Gasteiger partial charge is 0.211 e. The van der Waals surface area contributed by atoms with E-state index in [1.165, 1.54) is 11.8 Å². The quantitative estimate of drug-likeness (QED) is 0.868. The molecular weight excluding hydrogens is 288 g/mol. The van der Waals surface area contributed by atoms with E-state index in [-0.39, 0.29) is 0 Å². The average Bonchev–Trinajstić information content (AvgIpc) is 2.45. The SMILES string of the molecule is CC1Cc2ncnc(C3CCN(S(C)(=O)=O)CC3)c2CN1. The number of hydrogen-bond acceptors (Lipinski definition) is 5. The van der Waals surface area contributed by atoms with E-state index < -0.39 is 10.0 Å². The first-order valence-corrected chi connectivity index (χ1v) is 9.31. The molecule has 0 aliphatic carbocycles. The van der Waals surface area contributed by atoms with E-state index in [1.54, 1.807) is 10.6 Å². The predicted octanol–water partition coefficient (Wildman–Crippen LogP) is 0.650. The van der Waals surface area contributed by atoms with Gasteiger partial charge in [-0.2, -0.15) is 0 Å². The molecule has 3 heterocycles. The third-order valence-corrected chi connectivity index (χ3v) is 5.81. The standard InChI is InChI=1S/C14H22N4O2S/c1-10-7-13-12(8-15-10)14(17-9-16-13)11-3-5-18(6-4-11)21(2,19)20/h9-11,15H,3-8H2,1-2H3. The second-order valence-electron chi connectivity index (χ2n) is 6.11. The highest BCUT2D eigenvalue weighted by molar-refractivity contribution is 7.88. The Hall–Kier alpha value is -1.05. The Bertz CT molecular complexity index is 624. The molecule has 116 valence electrons. The van der Waals surface area contributed by atoms with Crippen molar-refractivity contribution >= 4 is 10.0 Å². The molecular formula is C14H22N4O2S. The molecule has 0 amide bonds. The molecule has 2 aliphatic heterocycles. The largest absolute Gasteiger partial charge is 0.310 e. The van der Waals surface area contributed by atoms with Gasteiger partial charge in [0, 0.05) is 43.6 Å². The molecule has 0 saturated carbocycles. The van der Waals surface area contributed by atoms with Crippen LogP contribution in [0.1, 0.15) is 42.6 Å². The van der Waals surface area contributed by atoms with Crippen molar-refractivity contribution in [3.8, 4) is 0 Å². The number of fused-ring (bicyclic) bond motifs is 1. The molecule has 1 atom stereocenters. The minimum Gasteiger partial charge on any atom is -0.310 e. The van der Waals surface area contributed by atoms with Gasteiger partial charge in [-0.1, -0.05) is 0 Å². The van der Waals surface area contributed by atoms with Crippen LogP contribution >= 0.6 is 0 Å². The third kappa shape index (κ3) is 3.09. The summed E-state index contributed by atoms with van der Waals surface area (Å²) >= 11 is 0. The molecule has 1 unspecified atom stereocenters. The fourth-order valence-corrected chi connectivity index (χ4v) is 4.16. The van der Waals surface area contributed by atoms with Crippen molar-refractivity contribution in [3.63, 3.8) is 0 Å². The number of piperidine rings is 1. The van der Waals surface area contributed by atoms with Gasteiger partial charge in [0.1, 0.15) is 6.33 Å². The van der Waals surface area contributed by atoms with Gasteiger partial charge in [0.05, 0.1) is 17.6 Å². The van der Waals surface area contributed by atoms with Gasteiger partial charge in [0.25, 0.3) is 0 Å². The Balaban J connectivity index is 1.79. The van der Waals surface area contributed by atoms with Crippen LogP contribution in [0.15, 0.2) is 6.33 Å². The lowest BCUT2D eigenvalue weighted by Gasteiger charge is -2.32. The molecule has 2 aliphatic rings. The van der Waals surface area contributed by atoms with E-state index in [1.807, 2.05) is 0 Å². The Morgan fingerprint density at radius 2 is 2.00 bits per heavy atom. The van der Waals surface area contributed by atoms with E-state index in [2.05, 4.69) is 22.2 Å². The van der Waals surface area contributed by atoms with E-state index >= 15 is 0 Å². The van der Waals surface area contributed by atoms with Crippen LogP contribution in [0.4, 0.5) is 0 Å². The molecule has 21 heavy (non-hydrogen) atoms. The normalized spacial score (nSPS) is 24.8. The molecule has 1 aromatic rings. The maximum atomic E-state index is 11.6. The molecule has 1 aromatic heterocycles. The number of nitrogens with zero attached hydrogens (tertiary/aromatic N) is 3. The first kappa shape index (κ1) is 14.9. The van der Waals surface area contributed by atoms with Crippen molar-refractivity contribution in [1.82, 2.24) is 19.6 Å². The lowest BCUT2D eigenvalue weighted by molar-refractivity contribution is 0.316. The number of aromatic nitrogens is 2. The van der Waals surface area contributed by atoms with Crippen molar-refractivity contribution in [2.45, 2.75) is 44.7 Å². The summed E-state index contributed by atoms with van der Waals surface area (Å²) in [6, 6.07) is 0.451. The molecule has 6 nitrogen and oxygen atoms in total. The topological polar surface area (TPSA) is 75.2 Å². The summed E-state index contributed by atoms with van der Waals surface area (Å²) in [5.74, 6) is 0.343. The van der Waals surface area contributed by atoms with Crippen LogP contribution in [0.25, 0.3) is 0 Å². The Morgan fingerprint density at radius 1 is 1.29 bits per heavy atom. The van der Waals surface area contributed by atoms with Crippen LogP contribution in [0.3, 0.4) is 0 Å². The van der Waals surface area contributed by atoms with Gasteiger partial charge in [-0.25, -0.2) is 22.7 Å². The Kier molecular flexibility index (Phi) is 3.98. The summed E-state index contributed by atoms with van der Waals surface area (Å²) in [6.07, 6.45) is 5.56. The van der Waals surface area contributed by atoms with Gasteiger partial charge in [-0.15, -0.1) is 0 Å². The monoisotopic (exact) mass is 310 g/mol. The summed E-state index contributed by atoms with van der Waals surface area (Å²) in [5.41, 5.74) is 3.50. The predicted molar refractivity (Wildman–Crippen MR) is 80.4 cm³/mol. The van der Waals surface area contributed by atoms with Crippen molar-refractivity contribution in [2.75, 3.05) is 19.3 Å². The molecule has 1 N–H and O–H groups in total. The van der Waals surface area contributed by atoms with Crippen LogP contribution in [0.2, 0.25) is 0 Å². The van der Waals surface area contributed by atoms with Crippen LogP contribution in [-0.2, 0) is 23.0 Å². The molecule has 0 bridgehead atoms. The number of nitrogens with one attached hydrogen (secondary N) is 1. The zero-order valence-corrected chi connectivity index (χ0v) is 13.4. The Morgan fingerprint density at radius 3 is 2.67 bits per heavy atom. The van der Waals surface area contributed by atoms with Crippen molar-refractivity contribution < 1.29 is 8.42 Å². The number of sulfonamides is 1. The number of hydrogen-bond donors (Lipinski definition) is 1. The van der Waals surface area contributed by atoms with Gasteiger partial charge in [0.15, 0.2) is 0 Å². The summed E-state index contributed by atoms with van der Waals surface area (Å²) in [4.78, 5) is 8.93. The van der Waals surface area contributed by atoms with E-state index in [4.69, 9.17) is 0 Å². The molecule has 0 radical (unpaired) electrons. The minimum atomic E-state index is -3.07. The average molecular weight is 310 g/mol. The highest BCUT2D eigenvalue weighted by Crippen LogP contribution is 2.31. The maximum absolute atomic E-state index is 11.6. The summed E-state index contributed by atoms with van der Waals surface area (Å²) < 4.78 is 24.7. The molecule has 1 saturated heterocycles. The molecule has 3 rings (SSSR count). The first-order valence-electron chi connectivity index (χ1n) is 7.46. The zero-order valence-electron chi connectivity index (χ0n) is 12.5. The van der Waals surface area contributed by atoms with E-state index in [0.717, 1.165) is 37.2 Å². The van der Waals surface area contributed by atoms with Crippen LogP contribution in [0.5, 0.6) is 0 Å². The van der Waals surface area contributed by atoms with Crippen molar-refractivity contribution in [2.24, 2.45) is 0 Å². The molecule has 0 spiro atoms. The second-order valence-corrected chi connectivity index (χ2v) is 8.09. The highest BCUT2D eigenvalue weighted by atomic mass is 32.2. The van der Waals surface area contributed by atoms with Crippen LogP contribution in [0, 0.1) is 0 Å². The summed E-state index contributed by atoms with van der Waals surface area (Å²) in [6.45, 7) is 4.16. The van der Waals surface area contributed by atoms with E-state index in [9.17, 15) is 8.42 Å². The van der Waals surface area contributed by atoms with Gasteiger partial charge in [0.2, 0.25) is 10.0 Å². The van der Waals surface area contributed by atoms with Gasteiger partial charge in [-0.05, 0) is 19.8 Å². The maximum Gasteiger partial charge on any atom is 0.211 e. The van der Waals surface area contributed by atoms with Gasteiger partial charge >= 0.3 is 0 Å². The zero-order chi connectivity index (χ0) is 15.0. The van der Waals surface area contributed by atoms with Crippen molar-refractivity contribution in [1.29, 1.82) is 0 Å². The van der Waals surface area contributed by atoms with Crippen LogP contribution in [-0.4, -0.2) is 48.1 Å². The van der Waals surface area contributed by atoms with Crippen LogP contribution < -0.4 is 5.32 Å². The highest BCUT2D eigenvalue weighted by Gasteiger charge is 2.29.